The second-order valence-electron chi connectivity index (χ2n) is 5.52. The topological polar surface area (TPSA) is 87.6 Å². The fourth-order valence-electron chi connectivity index (χ4n) is 3.01. The highest BCUT2D eigenvalue weighted by Crippen LogP contribution is 2.38. The van der Waals surface area contributed by atoms with Gasteiger partial charge in [-0.3, -0.25) is 9.89 Å². The van der Waals surface area contributed by atoms with Crippen LogP contribution in [0.5, 0.6) is 0 Å². The highest BCUT2D eigenvalue weighted by atomic mass is 35.5. The molecular formula is C17H13ClN4O. The Morgan fingerprint density at radius 2 is 1.87 bits per heavy atom. The highest BCUT2D eigenvalue weighted by molar-refractivity contribution is 6.31. The third-order valence-electron chi connectivity index (χ3n) is 4.10. The van der Waals surface area contributed by atoms with E-state index in [0.717, 1.165) is 27.4 Å². The maximum Gasteiger partial charge on any atom is 0.272 e. The van der Waals surface area contributed by atoms with Crippen LogP contribution in [0.2, 0.25) is 5.02 Å². The Balaban J connectivity index is 2.26. The van der Waals surface area contributed by atoms with Gasteiger partial charge in [-0.05, 0) is 42.3 Å². The number of hydrogen-bond acceptors (Lipinski definition) is 3. The van der Waals surface area contributed by atoms with Crippen LogP contribution in [0, 0.1) is 6.92 Å². The van der Waals surface area contributed by atoms with Crippen molar-refractivity contribution in [2.45, 2.75) is 6.92 Å². The van der Waals surface area contributed by atoms with Crippen LogP contribution in [0.25, 0.3) is 32.9 Å². The van der Waals surface area contributed by atoms with Gasteiger partial charge in [0.2, 0.25) is 0 Å². The molecule has 2 heterocycles. The molecule has 0 radical (unpaired) electrons. The lowest BCUT2D eigenvalue weighted by molar-refractivity contribution is 1.12. The van der Waals surface area contributed by atoms with E-state index < -0.39 is 0 Å². The first-order valence-corrected chi connectivity index (χ1v) is 7.48. The summed E-state index contributed by atoms with van der Waals surface area (Å²) in [5, 5.41) is 9.36. The number of halogens is 1. The van der Waals surface area contributed by atoms with Crippen molar-refractivity contribution < 1.29 is 0 Å². The Bertz CT molecular complexity index is 1130. The van der Waals surface area contributed by atoms with Crippen molar-refractivity contribution in [2.75, 3.05) is 5.73 Å². The molecule has 4 aromatic rings. The number of H-pyrrole nitrogens is 2. The summed E-state index contributed by atoms with van der Waals surface area (Å²) >= 11 is 6.16. The van der Waals surface area contributed by atoms with E-state index in [1.54, 1.807) is 18.3 Å². The highest BCUT2D eigenvalue weighted by Gasteiger charge is 2.17. The number of aromatic amines is 2. The number of rotatable bonds is 1. The minimum atomic E-state index is -0.310. The van der Waals surface area contributed by atoms with E-state index >= 15 is 0 Å². The van der Waals surface area contributed by atoms with Gasteiger partial charge in [0, 0.05) is 26.9 Å². The van der Waals surface area contributed by atoms with Crippen LogP contribution in [-0.4, -0.2) is 15.2 Å². The first-order valence-electron chi connectivity index (χ1n) is 7.10. The van der Waals surface area contributed by atoms with E-state index in [2.05, 4.69) is 15.2 Å². The summed E-state index contributed by atoms with van der Waals surface area (Å²) in [6, 6.07) is 9.28. The molecule has 0 aliphatic carbocycles. The second-order valence-corrected chi connectivity index (χ2v) is 5.96. The van der Waals surface area contributed by atoms with Gasteiger partial charge < -0.3 is 10.7 Å². The van der Waals surface area contributed by atoms with Gasteiger partial charge in [0.1, 0.15) is 5.69 Å². The largest absolute Gasteiger partial charge is 0.394 e. The number of pyridine rings is 1. The molecule has 0 saturated heterocycles. The summed E-state index contributed by atoms with van der Waals surface area (Å²) in [6.45, 7) is 1.98. The van der Waals surface area contributed by atoms with Crippen LogP contribution in [0.15, 0.2) is 41.3 Å². The molecule has 23 heavy (non-hydrogen) atoms. The number of nitrogens with two attached hydrogens (primary N) is 1. The summed E-state index contributed by atoms with van der Waals surface area (Å²) in [4.78, 5) is 15.1. The van der Waals surface area contributed by atoms with Crippen molar-refractivity contribution in [3.8, 4) is 11.1 Å². The van der Waals surface area contributed by atoms with Gasteiger partial charge in [-0.25, -0.2) is 0 Å². The van der Waals surface area contributed by atoms with Crippen molar-refractivity contribution in [2.24, 2.45) is 0 Å². The predicted octanol–water partition coefficient (Wildman–Crippen LogP) is 3.62. The number of nitrogens with one attached hydrogen (secondary N) is 2. The van der Waals surface area contributed by atoms with E-state index in [0.29, 0.717) is 16.1 Å². The van der Waals surface area contributed by atoms with Crippen LogP contribution in [-0.2, 0) is 0 Å². The first kappa shape index (κ1) is 13.8. The molecular weight excluding hydrogens is 312 g/mol. The Hall–Kier alpha value is -2.79. The average Bonchev–Trinajstić information content (AvgIpc) is 2.99. The smallest absolute Gasteiger partial charge is 0.272 e. The number of aryl methyl sites for hydroxylation is 1. The van der Waals surface area contributed by atoms with Crippen molar-refractivity contribution in [3.05, 3.63) is 57.5 Å². The molecule has 0 aliphatic heterocycles. The van der Waals surface area contributed by atoms with Crippen LogP contribution in [0.1, 0.15) is 5.56 Å². The number of hydrogen-bond donors (Lipinski definition) is 3. The second kappa shape index (κ2) is 4.86. The van der Waals surface area contributed by atoms with Gasteiger partial charge in [-0.15, -0.1) is 0 Å². The van der Waals surface area contributed by atoms with Crippen molar-refractivity contribution >= 4 is 39.1 Å². The normalized spacial score (nSPS) is 11.4. The fourth-order valence-corrected chi connectivity index (χ4v) is 3.18. The third-order valence-corrected chi connectivity index (χ3v) is 4.33. The van der Waals surface area contributed by atoms with Crippen molar-refractivity contribution in [1.82, 2.24) is 15.2 Å². The Morgan fingerprint density at radius 1 is 1.09 bits per heavy atom. The first-order chi connectivity index (χ1) is 11.1. The monoisotopic (exact) mass is 324 g/mol. The molecule has 5 nitrogen and oxygen atoms in total. The lowest BCUT2D eigenvalue weighted by atomic mass is 9.93. The summed E-state index contributed by atoms with van der Waals surface area (Å²) < 4.78 is 0. The lowest BCUT2D eigenvalue weighted by Crippen LogP contribution is -2.13. The molecule has 0 bridgehead atoms. The Morgan fingerprint density at radius 3 is 2.70 bits per heavy atom. The molecule has 2 aromatic heterocycles. The van der Waals surface area contributed by atoms with E-state index in [9.17, 15) is 4.79 Å². The van der Waals surface area contributed by atoms with Crippen molar-refractivity contribution in [3.63, 3.8) is 0 Å². The Kier molecular flexibility index (Phi) is 2.92. The van der Waals surface area contributed by atoms with E-state index in [1.807, 2.05) is 25.1 Å². The van der Waals surface area contributed by atoms with E-state index in [1.165, 1.54) is 0 Å². The number of anilines is 1. The molecule has 0 amide bonds. The number of nitrogen functional groups attached to an aromatic ring is 1. The van der Waals surface area contributed by atoms with Gasteiger partial charge in [0.05, 0.1) is 11.7 Å². The molecule has 2 aromatic carbocycles. The minimum Gasteiger partial charge on any atom is -0.394 e. The van der Waals surface area contributed by atoms with Gasteiger partial charge >= 0.3 is 0 Å². The van der Waals surface area contributed by atoms with Crippen LogP contribution in [0.3, 0.4) is 0 Å². The molecule has 0 atom stereocenters. The van der Waals surface area contributed by atoms with Crippen LogP contribution < -0.4 is 11.3 Å². The molecule has 0 unspecified atom stereocenters. The SMILES string of the molecule is Cc1ccc2[nH]ncc2c1-c1c(N)c(=O)[nH]c2ccc(Cl)cc12. The fraction of sp³-hybridized carbons (Fsp3) is 0.0588. The van der Waals surface area contributed by atoms with Crippen LogP contribution in [0.4, 0.5) is 5.69 Å². The zero-order chi connectivity index (χ0) is 16.1. The van der Waals surface area contributed by atoms with Gasteiger partial charge in [-0.2, -0.15) is 5.10 Å². The molecule has 0 saturated carbocycles. The van der Waals surface area contributed by atoms with Crippen molar-refractivity contribution in [1.29, 1.82) is 0 Å². The standard InChI is InChI=1S/C17H13ClN4O/c1-8-2-4-13-11(7-20-22-13)14(8)15-10-6-9(18)3-5-12(10)21-17(23)16(15)19/h2-7H,19H2,1H3,(H,20,22)(H,21,23). The van der Waals surface area contributed by atoms with E-state index in [4.69, 9.17) is 17.3 Å². The van der Waals surface area contributed by atoms with E-state index in [-0.39, 0.29) is 11.2 Å². The minimum absolute atomic E-state index is 0.177. The van der Waals surface area contributed by atoms with Gasteiger partial charge in [0.25, 0.3) is 5.56 Å². The average molecular weight is 325 g/mol. The molecule has 4 N–H and O–H groups in total. The lowest BCUT2D eigenvalue weighted by Gasteiger charge is -2.13. The summed E-state index contributed by atoms with van der Waals surface area (Å²) in [5.41, 5.74) is 10.2. The van der Waals surface area contributed by atoms with Crippen LogP contribution >= 0.6 is 11.6 Å². The quantitative estimate of drug-likeness (QED) is 0.499. The number of fused-ring (bicyclic) bond motifs is 2. The summed E-state index contributed by atoms with van der Waals surface area (Å²) in [5.74, 6) is 0. The summed E-state index contributed by atoms with van der Waals surface area (Å²) in [7, 11) is 0. The maximum absolute atomic E-state index is 12.3. The number of benzene rings is 2. The molecule has 0 aliphatic rings. The number of nitrogens with zero attached hydrogens (tertiary/aromatic N) is 1. The summed E-state index contributed by atoms with van der Waals surface area (Å²) in [6.07, 6.45) is 1.74. The molecule has 6 heteroatoms. The maximum atomic E-state index is 12.3. The molecule has 0 spiro atoms. The molecule has 0 fully saturated rings. The third kappa shape index (κ3) is 2.01. The van der Waals surface area contributed by atoms with Gasteiger partial charge in [-0.1, -0.05) is 17.7 Å². The Labute approximate surface area is 136 Å². The zero-order valence-electron chi connectivity index (χ0n) is 12.3. The zero-order valence-corrected chi connectivity index (χ0v) is 13.0. The molecule has 114 valence electrons. The van der Waals surface area contributed by atoms with Gasteiger partial charge in [0.15, 0.2) is 0 Å². The molecule has 4 rings (SSSR count). The number of aromatic nitrogens is 3. The predicted molar refractivity (Wildman–Crippen MR) is 93.8 cm³/mol.